The second-order valence-corrected chi connectivity index (χ2v) is 6.69. The van der Waals surface area contributed by atoms with E-state index >= 15 is 0 Å². The number of nitrogens with one attached hydrogen (secondary N) is 1. The quantitative estimate of drug-likeness (QED) is 0.848. The van der Waals surface area contributed by atoms with Crippen LogP contribution in [0.15, 0.2) is 24.3 Å². The fourth-order valence-corrected chi connectivity index (χ4v) is 4.16. The lowest BCUT2D eigenvalue weighted by atomic mass is 9.73. The number of hydrogen-bond acceptors (Lipinski definition) is 3. The molecule has 1 aromatic carbocycles. The van der Waals surface area contributed by atoms with E-state index in [1.807, 2.05) is 0 Å². The second-order valence-electron chi connectivity index (χ2n) is 6.69. The van der Waals surface area contributed by atoms with E-state index in [1.165, 1.54) is 43.5 Å². The molecule has 3 aliphatic rings. The molecule has 108 valence electrons. The minimum Gasteiger partial charge on any atom is -0.381 e. The molecule has 1 saturated heterocycles. The summed E-state index contributed by atoms with van der Waals surface area (Å²) in [6, 6.07) is 9.95. The van der Waals surface area contributed by atoms with Crippen LogP contribution in [-0.4, -0.2) is 30.8 Å². The van der Waals surface area contributed by atoms with Crippen LogP contribution in [0.5, 0.6) is 0 Å². The van der Waals surface area contributed by atoms with E-state index in [0.717, 1.165) is 13.2 Å². The lowest BCUT2D eigenvalue weighted by molar-refractivity contribution is -0.133. The minimum atomic E-state index is 0.225. The number of nitrogens with zero attached hydrogens (tertiary/aromatic N) is 1. The molecule has 2 aliphatic heterocycles. The Kier molecular flexibility index (Phi) is 2.92. The number of benzene rings is 1. The molecule has 1 aliphatic carbocycles. The standard InChI is InChI=1S/C17H24N2O/c1-13-12-18-15-5-2-3-6-16(15)19(13)14-7-10-20-17(11-14)8-4-9-17/h2-3,5-6,13-14,18H,4,7-12H2,1H3. The van der Waals surface area contributed by atoms with Crippen molar-refractivity contribution in [2.45, 2.75) is 56.7 Å². The summed E-state index contributed by atoms with van der Waals surface area (Å²) in [6.07, 6.45) is 6.27. The van der Waals surface area contributed by atoms with Gasteiger partial charge in [-0.05, 0) is 51.2 Å². The van der Waals surface area contributed by atoms with Crippen molar-refractivity contribution in [2.75, 3.05) is 23.4 Å². The van der Waals surface area contributed by atoms with Crippen LogP contribution in [-0.2, 0) is 4.74 Å². The first-order valence-corrected chi connectivity index (χ1v) is 8.03. The number of fused-ring (bicyclic) bond motifs is 1. The Hall–Kier alpha value is -1.22. The molecular formula is C17H24N2O. The van der Waals surface area contributed by atoms with Crippen molar-refractivity contribution in [1.82, 2.24) is 0 Å². The van der Waals surface area contributed by atoms with Crippen molar-refractivity contribution in [1.29, 1.82) is 0 Å². The highest BCUT2D eigenvalue weighted by Crippen LogP contribution is 2.45. The summed E-state index contributed by atoms with van der Waals surface area (Å²) in [4.78, 5) is 2.66. The third-order valence-electron chi connectivity index (χ3n) is 5.37. The highest BCUT2D eigenvalue weighted by Gasteiger charge is 2.45. The lowest BCUT2D eigenvalue weighted by Crippen LogP contribution is -2.56. The van der Waals surface area contributed by atoms with E-state index in [2.05, 4.69) is 41.4 Å². The molecule has 1 N–H and O–H groups in total. The van der Waals surface area contributed by atoms with Gasteiger partial charge in [0.05, 0.1) is 17.0 Å². The molecule has 0 radical (unpaired) electrons. The van der Waals surface area contributed by atoms with E-state index in [9.17, 15) is 0 Å². The largest absolute Gasteiger partial charge is 0.381 e. The summed E-state index contributed by atoms with van der Waals surface area (Å²) in [6.45, 7) is 4.32. The average molecular weight is 272 g/mol. The first-order valence-electron chi connectivity index (χ1n) is 8.03. The highest BCUT2D eigenvalue weighted by atomic mass is 16.5. The molecule has 2 heterocycles. The Morgan fingerprint density at radius 3 is 2.95 bits per heavy atom. The molecule has 20 heavy (non-hydrogen) atoms. The summed E-state index contributed by atoms with van der Waals surface area (Å²) in [5.74, 6) is 0. The monoisotopic (exact) mass is 272 g/mol. The van der Waals surface area contributed by atoms with Crippen LogP contribution in [0.3, 0.4) is 0 Å². The molecule has 4 rings (SSSR count). The van der Waals surface area contributed by atoms with E-state index < -0.39 is 0 Å². The molecule has 2 atom stereocenters. The van der Waals surface area contributed by atoms with Gasteiger partial charge in [0.25, 0.3) is 0 Å². The molecule has 3 nitrogen and oxygen atoms in total. The summed E-state index contributed by atoms with van der Waals surface area (Å²) >= 11 is 0. The van der Waals surface area contributed by atoms with Crippen molar-refractivity contribution < 1.29 is 4.74 Å². The molecule has 1 aromatic rings. The van der Waals surface area contributed by atoms with Crippen molar-refractivity contribution in [3.8, 4) is 0 Å². The Morgan fingerprint density at radius 2 is 2.15 bits per heavy atom. The van der Waals surface area contributed by atoms with Crippen molar-refractivity contribution in [3.05, 3.63) is 24.3 Å². The maximum absolute atomic E-state index is 6.10. The molecule has 0 amide bonds. The van der Waals surface area contributed by atoms with Crippen LogP contribution < -0.4 is 10.2 Å². The predicted octanol–water partition coefficient (Wildman–Crippen LogP) is 3.41. The first kappa shape index (κ1) is 12.5. The molecule has 2 unspecified atom stereocenters. The fourth-order valence-electron chi connectivity index (χ4n) is 4.16. The zero-order chi connectivity index (χ0) is 13.6. The van der Waals surface area contributed by atoms with Gasteiger partial charge in [-0.3, -0.25) is 0 Å². The molecule has 0 bridgehead atoms. The maximum atomic E-state index is 6.10. The number of hydrogen-bond donors (Lipinski definition) is 1. The number of ether oxygens (including phenoxy) is 1. The smallest absolute Gasteiger partial charge is 0.0702 e. The van der Waals surface area contributed by atoms with Crippen LogP contribution in [0.25, 0.3) is 0 Å². The summed E-state index contributed by atoms with van der Waals surface area (Å²) in [5.41, 5.74) is 2.90. The number of para-hydroxylation sites is 2. The zero-order valence-electron chi connectivity index (χ0n) is 12.3. The topological polar surface area (TPSA) is 24.5 Å². The van der Waals surface area contributed by atoms with E-state index in [4.69, 9.17) is 4.74 Å². The molecule has 3 heteroatoms. The van der Waals surface area contributed by atoms with Crippen molar-refractivity contribution in [3.63, 3.8) is 0 Å². The fraction of sp³-hybridized carbons (Fsp3) is 0.647. The highest BCUT2D eigenvalue weighted by molar-refractivity contribution is 5.73. The van der Waals surface area contributed by atoms with E-state index in [1.54, 1.807) is 0 Å². The van der Waals surface area contributed by atoms with Gasteiger partial charge < -0.3 is 15.0 Å². The third-order valence-corrected chi connectivity index (χ3v) is 5.37. The first-order chi connectivity index (χ1) is 9.77. The molecule has 1 saturated carbocycles. The number of rotatable bonds is 1. The maximum Gasteiger partial charge on any atom is 0.0702 e. The van der Waals surface area contributed by atoms with Crippen LogP contribution in [0.1, 0.15) is 39.0 Å². The van der Waals surface area contributed by atoms with Gasteiger partial charge in [-0.2, -0.15) is 0 Å². The molecule has 1 spiro atoms. The van der Waals surface area contributed by atoms with Gasteiger partial charge in [-0.25, -0.2) is 0 Å². The minimum absolute atomic E-state index is 0.225. The zero-order valence-corrected chi connectivity index (χ0v) is 12.3. The van der Waals surface area contributed by atoms with Crippen LogP contribution in [0, 0.1) is 0 Å². The Morgan fingerprint density at radius 1 is 1.30 bits per heavy atom. The Labute approximate surface area is 121 Å². The Bertz CT molecular complexity index is 498. The van der Waals surface area contributed by atoms with E-state index in [-0.39, 0.29) is 5.60 Å². The summed E-state index contributed by atoms with van der Waals surface area (Å²) in [7, 11) is 0. The van der Waals surface area contributed by atoms with Gasteiger partial charge in [-0.1, -0.05) is 12.1 Å². The van der Waals surface area contributed by atoms with Crippen molar-refractivity contribution in [2.24, 2.45) is 0 Å². The van der Waals surface area contributed by atoms with Crippen LogP contribution in [0.2, 0.25) is 0 Å². The SMILES string of the molecule is CC1CNc2ccccc2N1C1CCOC2(CCC2)C1. The predicted molar refractivity (Wildman–Crippen MR) is 82.4 cm³/mol. The van der Waals surface area contributed by atoms with Crippen LogP contribution in [0.4, 0.5) is 11.4 Å². The van der Waals surface area contributed by atoms with Gasteiger partial charge in [0, 0.05) is 25.2 Å². The lowest BCUT2D eigenvalue weighted by Gasteiger charge is -2.52. The molecule has 0 aromatic heterocycles. The van der Waals surface area contributed by atoms with Crippen molar-refractivity contribution >= 4 is 11.4 Å². The van der Waals surface area contributed by atoms with Crippen LogP contribution >= 0.6 is 0 Å². The molecule has 2 fully saturated rings. The Balaban J connectivity index is 1.63. The third kappa shape index (κ3) is 1.91. The normalized spacial score (nSPS) is 31.4. The van der Waals surface area contributed by atoms with Gasteiger partial charge in [-0.15, -0.1) is 0 Å². The van der Waals surface area contributed by atoms with Gasteiger partial charge >= 0.3 is 0 Å². The van der Waals surface area contributed by atoms with Gasteiger partial charge in [0.15, 0.2) is 0 Å². The molecular weight excluding hydrogens is 248 g/mol. The average Bonchev–Trinajstić information content (AvgIpc) is 2.45. The second kappa shape index (κ2) is 4.66. The summed E-state index contributed by atoms with van der Waals surface area (Å²) in [5, 5.41) is 3.56. The van der Waals surface area contributed by atoms with E-state index in [0.29, 0.717) is 12.1 Å². The van der Waals surface area contributed by atoms with Gasteiger partial charge in [0.1, 0.15) is 0 Å². The van der Waals surface area contributed by atoms with Gasteiger partial charge in [0.2, 0.25) is 0 Å². The summed E-state index contributed by atoms with van der Waals surface area (Å²) < 4.78 is 6.10. The number of anilines is 2.